The molecule has 21 heavy (non-hydrogen) atoms. The van der Waals surface area contributed by atoms with Gasteiger partial charge in [0.2, 0.25) is 0 Å². The number of hydrogen-bond acceptors (Lipinski definition) is 5. The summed E-state index contributed by atoms with van der Waals surface area (Å²) in [6.45, 7) is 2.65. The number of thioether (sulfide) groups is 1. The molecule has 1 aromatic heterocycles. The van der Waals surface area contributed by atoms with E-state index in [0.29, 0.717) is 17.9 Å². The van der Waals surface area contributed by atoms with Crippen LogP contribution < -0.4 is 4.74 Å². The molecule has 0 fully saturated rings. The van der Waals surface area contributed by atoms with Crippen molar-refractivity contribution in [3.63, 3.8) is 0 Å². The van der Waals surface area contributed by atoms with E-state index in [2.05, 4.69) is 17.1 Å². The molecule has 5 nitrogen and oxygen atoms in total. The maximum atomic E-state index is 10.9. The molecule has 6 heteroatoms. The molecule has 0 aliphatic heterocycles. The number of benzene rings is 1. The van der Waals surface area contributed by atoms with E-state index in [1.54, 1.807) is 17.8 Å². The van der Waals surface area contributed by atoms with Crippen molar-refractivity contribution in [2.75, 3.05) is 12.4 Å². The van der Waals surface area contributed by atoms with Crippen molar-refractivity contribution in [1.82, 2.24) is 14.8 Å². The molecule has 0 saturated heterocycles. The molecule has 0 saturated carbocycles. The van der Waals surface area contributed by atoms with Crippen LogP contribution in [-0.4, -0.2) is 33.4 Å². The number of aryl methyl sites for hydroxylation is 1. The Labute approximate surface area is 128 Å². The third kappa shape index (κ3) is 4.07. The third-order valence-corrected chi connectivity index (χ3v) is 4.17. The van der Waals surface area contributed by atoms with Gasteiger partial charge in [-0.3, -0.25) is 4.79 Å². The lowest BCUT2D eigenvalue weighted by Gasteiger charge is -2.07. The van der Waals surface area contributed by atoms with Crippen LogP contribution in [0.4, 0.5) is 0 Å². The first-order chi connectivity index (χ1) is 10.3. The molecule has 112 valence electrons. The average Bonchev–Trinajstić information content (AvgIpc) is 2.87. The minimum Gasteiger partial charge on any atom is -0.493 e. The van der Waals surface area contributed by atoms with Gasteiger partial charge in [0.1, 0.15) is 11.6 Å². The smallest absolute Gasteiger partial charge is 0.190 e. The fourth-order valence-electron chi connectivity index (χ4n) is 1.89. The Hall–Kier alpha value is -1.82. The molecular formula is C15H19N3O2S. The van der Waals surface area contributed by atoms with Crippen molar-refractivity contribution < 1.29 is 9.53 Å². The van der Waals surface area contributed by atoms with E-state index < -0.39 is 0 Å². The number of carbonyl (C=O) groups excluding carboxylic acids is 1. The van der Waals surface area contributed by atoms with Gasteiger partial charge in [-0.05, 0) is 18.6 Å². The highest BCUT2D eigenvalue weighted by atomic mass is 32.2. The highest BCUT2D eigenvalue weighted by Crippen LogP contribution is 2.18. The summed E-state index contributed by atoms with van der Waals surface area (Å²) in [5, 5.41) is 9.21. The summed E-state index contributed by atoms with van der Waals surface area (Å²) in [5.41, 5.74) is 0.589. The van der Waals surface area contributed by atoms with E-state index in [-0.39, 0.29) is 0 Å². The average molecular weight is 305 g/mol. The lowest BCUT2D eigenvalue weighted by atomic mass is 10.2. The molecule has 0 bridgehead atoms. The zero-order valence-corrected chi connectivity index (χ0v) is 13.1. The SMILES string of the molecule is CCc1nnc(SCCCOc2ccccc2C=O)n1C. The second kappa shape index (κ2) is 7.83. The van der Waals surface area contributed by atoms with Crippen LogP contribution in [0.1, 0.15) is 29.5 Å². The van der Waals surface area contributed by atoms with Crippen LogP contribution in [0, 0.1) is 0 Å². The summed E-state index contributed by atoms with van der Waals surface area (Å²) in [6, 6.07) is 7.25. The van der Waals surface area contributed by atoms with Crippen LogP contribution in [0.5, 0.6) is 5.75 Å². The fourth-order valence-corrected chi connectivity index (χ4v) is 2.73. The van der Waals surface area contributed by atoms with Gasteiger partial charge in [-0.15, -0.1) is 10.2 Å². The van der Waals surface area contributed by atoms with Gasteiger partial charge in [-0.2, -0.15) is 0 Å². The Morgan fingerprint density at radius 3 is 2.86 bits per heavy atom. The van der Waals surface area contributed by atoms with Gasteiger partial charge >= 0.3 is 0 Å². The summed E-state index contributed by atoms with van der Waals surface area (Å²) in [6.07, 6.45) is 2.58. The van der Waals surface area contributed by atoms with E-state index in [1.807, 2.05) is 29.8 Å². The van der Waals surface area contributed by atoms with Gasteiger partial charge in [-0.25, -0.2) is 0 Å². The topological polar surface area (TPSA) is 57.0 Å². The lowest BCUT2D eigenvalue weighted by molar-refractivity contribution is 0.111. The molecule has 0 spiro atoms. The molecule has 0 amide bonds. The van der Waals surface area contributed by atoms with Crippen LogP contribution in [0.15, 0.2) is 29.4 Å². The predicted octanol–water partition coefficient (Wildman–Crippen LogP) is 2.75. The first kappa shape index (κ1) is 15.6. The molecule has 1 aromatic carbocycles. The van der Waals surface area contributed by atoms with Gasteiger partial charge in [0.05, 0.1) is 12.2 Å². The number of rotatable bonds is 8. The number of hydrogen-bond donors (Lipinski definition) is 0. The number of aromatic nitrogens is 3. The van der Waals surface area contributed by atoms with Crippen molar-refractivity contribution in [2.24, 2.45) is 7.05 Å². The fraction of sp³-hybridized carbons (Fsp3) is 0.400. The predicted molar refractivity (Wildman–Crippen MR) is 83.0 cm³/mol. The Kier molecular flexibility index (Phi) is 5.80. The van der Waals surface area contributed by atoms with Crippen LogP contribution >= 0.6 is 11.8 Å². The van der Waals surface area contributed by atoms with Gasteiger partial charge < -0.3 is 9.30 Å². The van der Waals surface area contributed by atoms with E-state index in [4.69, 9.17) is 4.74 Å². The number of para-hydroxylation sites is 1. The van der Waals surface area contributed by atoms with Gasteiger partial charge in [-0.1, -0.05) is 30.8 Å². The number of aldehydes is 1. The summed E-state index contributed by atoms with van der Waals surface area (Å²) in [4.78, 5) is 10.9. The number of carbonyl (C=O) groups is 1. The minimum atomic E-state index is 0.580. The Morgan fingerprint density at radius 1 is 1.33 bits per heavy atom. The summed E-state index contributed by atoms with van der Waals surface area (Å²) in [7, 11) is 1.98. The molecular weight excluding hydrogens is 286 g/mol. The normalized spacial score (nSPS) is 10.6. The molecule has 2 rings (SSSR count). The van der Waals surface area contributed by atoms with Crippen LogP contribution in [0.2, 0.25) is 0 Å². The molecule has 0 unspecified atom stereocenters. The number of ether oxygens (including phenoxy) is 1. The highest BCUT2D eigenvalue weighted by molar-refractivity contribution is 7.99. The summed E-state index contributed by atoms with van der Waals surface area (Å²) >= 11 is 1.67. The Bertz CT molecular complexity index is 598. The number of nitrogens with zero attached hydrogens (tertiary/aromatic N) is 3. The monoisotopic (exact) mass is 305 g/mol. The lowest BCUT2D eigenvalue weighted by Crippen LogP contribution is -2.02. The largest absolute Gasteiger partial charge is 0.493 e. The molecule has 0 aliphatic carbocycles. The maximum absolute atomic E-state index is 10.9. The zero-order valence-electron chi connectivity index (χ0n) is 12.3. The first-order valence-electron chi connectivity index (χ1n) is 6.94. The second-order valence-corrected chi connectivity index (χ2v) is 5.58. The van der Waals surface area contributed by atoms with Crippen molar-refractivity contribution >= 4 is 18.0 Å². The first-order valence-corrected chi connectivity index (χ1v) is 7.93. The van der Waals surface area contributed by atoms with Crippen LogP contribution in [-0.2, 0) is 13.5 Å². The molecule has 0 N–H and O–H groups in total. The summed E-state index contributed by atoms with van der Waals surface area (Å²) < 4.78 is 7.66. The van der Waals surface area contributed by atoms with Crippen LogP contribution in [0.3, 0.4) is 0 Å². The van der Waals surface area contributed by atoms with Gasteiger partial charge in [0.25, 0.3) is 0 Å². The molecule has 0 atom stereocenters. The van der Waals surface area contributed by atoms with Crippen molar-refractivity contribution in [1.29, 1.82) is 0 Å². The van der Waals surface area contributed by atoms with Crippen LogP contribution in [0.25, 0.3) is 0 Å². The second-order valence-electron chi connectivity index (χ2n) is 4.52. The van der Waals surface area contributed by atoms with E-state index in [0.717, 1.165) is 35.9 Å². The molecule has 1 heterocycles. The zero-order chi connectivity index (χ0) is 15.1. The Morgan fingerprint density at radius 2 is 2.14 bits per heavy atom. The minimum absolute atomic E-state index is 0.580. The quantitative estimate of drug-likeness (QED) is 0.426. The standard InChI is InChI=1S/C15H19N3O2S/c1-3-14-16-17-15(18(14)2)21-10-6-9-20-13-8-5-4-7-12(13)11-19/h4-5,7-8,11H,3,6,9-10H2,1-2H3. The van der Waals surface area contributed by atoms with E-state index >= 15 is 0 Å². The van der Waals surface area contributed by atoms with Crippen molar-refractivity contribution in [3.8, 4) is 5.75 Å². The van der Waals surface area contributed by atoms with Crippen molar-refractivity contribution in [3.05, 3.63) is 35.7 Å². The van der Waals surface area contributed by atoms with E-state index in [9.17, 15) is 4.79 Å². The maximum Gasteiger partial charge on any atom is 0.190 e. The molecule has 0 radical (unpaired) electrons. The van der Waals surface area contributed by atoms with Gasteiger partial charge in [0.15, 0.2) is 11.4 Å². The summed E-state index contributed by atoms with van der Waals surface area (Å²) in [5.74, 6) is 2.54. The molecule has 2 aromatic rings. The van der Waals surface area contributed by atoms with Crippen molar-refractivity contribution in [2.45, 2.75) is 24.9 Å². The molecule has 0 aliphatic rings. The Balaban J connectivity index is 1.75. The third-order valence-electron chi connectivity index (χ3n) is 3.06. The highest BCUT2D eigenvalue weighted by Gasteiger charge is 2.07. The van der Waals surface area contributed by atoms with Gasteiger partial charge in [0, 0.05) is 19.2 Å². The van der Waals surface area contributed by atoms with E-state index in [1.165, 1.54) is 0 Å².